The summed E-state index contributed by atoms with van der Waals surface area (Å²) in [5.74, 6) is 2.50. The third kappa shape index (κ3) is 2.65. The van der Waals surface area contributed by atoms with Gasteiger partial charge >= 0.3 is 0 Å². The van der Waals surface area contributed by atoms with Gasteiger partial charge in [0.25, 0.3) is 0 Å². The van der Waals surface area contributed by atoms with Crippen LogP contribution in [0.5, 0.6) is 17.2 Å². The molecule has 5 nitrogen and oxygen atoms in total. The van der Waals surface area contributed by atoms with Crippen molar-refractivity contribution in [1.29, 1.82) is 0 Å². The van der Waals surface area contributed by atoms with Crippen LogP contribution in [0.3, 0.4) is 0 Å². The molecule has 3 aliphatic rings. The van der Waals surface area contributed by atoms with Crippen molar-refractivity contribution in [2.24, 2.45) is 0 Å². The first kappa shape index (κ1) is 16.2. The lowest BCUT2D eigenvalue weighted by Gasteiger charge is -2.32. The van der Waals surface area contributed by atoms with Crippen LogP contribution in [-0.4, -0.2) is 18.1 Å². The fraction of sp³-hybridized carbons (Fsp3) is 0.318. The molecule has 0 spiro atoms. The third-order valence-corrected chi connectivity index (χ3v) is 5.26. The summed E-state index contributed by atoms with van der Waals surface area (Å²) in [6.07, 6.45) is 4.07. The van der Waals surface area contributed by atoms with E-state index >= 15 is 0 Å². The van der Waals surface area contributed by atoms with Gasteiger partial charge in [0, 0.05) is 41.4 Å². The Balaban J connectivity index is 1.51. The largest absolute Gasteiger partial charge is 0.492 e. The van der Waals surface area contributed by atoms with Gasteiger partial charge in [-0.1, -0.05) is 12.1 Å². The number of hydrogen-bond donors (Lipinski definition) is 1. The van der Waals surface area contributed by atoms with E-state index in [1.807, 2.05) is 38.1 Å². The van der Waals surface area contributed by atoms with Gasteiger partial charge in [0.15, 0.2) is 0 Å². The van der Waals surface area contributed by atoms with Crippen LogP contribution in [0.4, 0.5) is 5.69 Å². The molecule has 0 saturated carbocycles. The summed E-state index contributed by atoms with van der Waals surface area (Å²) in [7, 11) is 0. The molecule has 0 radical (unpaired) electrons. The van der Waals surface area contributed by atoms with E-state index < -0.39 is 0 Å². The standard InChI is InChI=1S/C22H21NO4/c1-12(24)23-14-4-5-15-17-11-25-19-10-18-13(6-7-22(2,3)27-18)8-16(19)21(17)26-20(15)9-14/h4-10,17,21H,11H2,1-3H3,(H,23,24)/t17-,21-/m0/s1. The Labute approximate surface area is 157 Å². The van der Waals surface area contributed by atoms with Crippen LogP contribution >= 0.6 is 0 Å². The smallest absolute Gasteiger partial charge is 0.221 e. The van der Waals surface area contributed by atoms with E-state index in [2.05, 4.69) is 23.5 Å². The Morgan fingerprint density at radius 2 is 1.96 bits per heavy atom. The molecule has 27 heavy (non-hydrogen) atoms. The molecule has 2 aromatic carbocycles. The normalized spacial score (nSPS) is 22.9. The maximum Gasteiger partial charge on any atom is 0.221 e. The zero-order chi connectivity index (χ0) is 18.8. The van der Waals surface area contributed by atoms with E-state index in [0.717, 1.165) is 39.6 Å². The van der Waals surface area contributed by atoms with Crippen molar-refractivity contribution in [2.45, 2.75) is 38.4 Å². The van der Waals surface area contributed by atoms with E-state index in [1.165, 1.54) is 6.92 Å². The maximum absolute atomic E-state index is 11.3. The highest BCUT2D eigenvalue weighted by molar-refractivity contribution is 5.89. The zero-order valence-electron chi connectivity index (χ0n) is 15.5. The van der Waals surface area contributed by atoms with Gasteiger partial charge in [0.1, 0.15) is 29.0 Å². The quantitative estimate of drug-likeness (QED) is 0.814. The number of rotatable bonds is 1. The maximum atomic E-state index is 11.3. The Morgan fingerprint density at radius 3 is 2.78 bits per heavy atom. The molecule has 0 aromatic heterocycles. The molecule has 138 valence electrons. The molecule has 5 rings (SSSR count). The molecular weight excluding hydrogens is 342 g/mol. The number of carbonyl (C=O) groups is 1. The van der Waals surface area contributed by atoms with E-state index in [9.17, 15) is 4.79 Å². The summed E-state index contributed by atoms with van der Waals surface area (Å²) >= 11 is 0. The molecule has 0 fully saturated rings. The second-order valence-corrected chi connectivity index (χ2v) is 7.86. The Hall–Kier alpha value is -2.95. The lowest BCUT2D eigenvalue weighted by Crippen LogP contribution is -2.28. The number of hydrogen-bond acceptors (Lipinski definition) is 4. The first-order valence-electron chi connectivity index (χ1n) is 9.17. The van der Waals surface area contributed by atoms with E-state index in [0.29, 0.717) is 6.61 Å². The average molecular weight is 363 g/mol. The number of anilines is 1. The third-order valence-electron chi connectivity index (χ3n) is 5.26. The fourth-order valence-electron chi connectivity index (χ4n) is 4.01. The van der Waals surface area contributed by atoms with Crippen molar-refractivity contribution in [3.05, 3.63) is 53.1 Å². The van der Waals surface area contributed by atoms with Crippen LogP contribution in [0.25, 0.3) is 6.08 Å². The van der Waals surface area contributed by atoms with Crippen LogP contribution < -0.4 is 19.5 Å². The predicted molar refractivity (Wildman–Crippen MR) is 103 cm³/mol. The van der Waals surface area contributed by atoms with Gasteiger partial charge < -0.3 is 19.5 Å². The number of carbonyl (C=O) groups excluding carboxylic acids is 1. The number of benzene rings is 2. The molecule has 1 N–H and O–H groups in total. The van der Waals surface area contributed by atoms with Crippen LogP contribution in [0.2, 0.25) is 0 Å². The predicted octanol–water partition coefficient (Wildman–Crippen LogP) is 4.44. The summed E-state index contributed by atoms with van der Waals surface area (Å²) in [6, 6.07) is 9.89. The van der Waals surface area contributed by atoms with Crippen LogP contribution in [0.1, 0.15) is 49.5 Å². The highest BCUT2D eigenvalue weighted by atomic mass is 16.5. The van der Waals surface area contributed by atoms with Crippen LogP contribution in [0, 0.1) is 0 Å². The van der Waals surface area contributed by atoms with E-state index in [-0.39, 0.29) is 23.5 Å². The SMILES string of the molecule is CC(=O)Nc1ccc2c(c1)O[C@H]1c3cc4c(cc3OC[C@@H]21)OC(C)(C)C=C4. The van der Waals surface area contributed by atoms with E-state index in [4.69, 9.17) is 14.2 Å². The molecule has 2 aromatic rings. The average Bonchev–Trinajstić information content (AvgIpc) is 2.97. The van der Waals surface area contributed by atoms with Crippen molar-refractivity contribution in [2.75, 3.05) is 11.9 Å². The number of ether oxygens (including phenoxy) is 3. The summed E-state index contributed by atoms with van der Waals surface area (Å²) < 4.78 is 18.4. The van der Waals surface area contributed by atoms with Crippen molar-refractivity contribution in [1.82, 2.24) is 0 Å². The van der Waals surface area contributed by atoms with Crippen molar-refractivity contribution < 1.29 is 19.0 Å². The second-order valence-electron chi connectivity index (χ2n) is 7.86. The first-order valence-corrected chi connectivity index (χ1v) is 9.17. The van der Waals surface area contributed by atoms with E-state index in [1.54, 1.807) is 0 Å². The molecule has 0 saturated heterocycles. The van der Waals surface area contributed by atoms with Crippen LogP contribution in [-0.2, 0) is 4.79 Å². The Morgan fingerprint density at radius 1 is 1.11 bits per heavy atom. The molecule has 1 amide bonds. The number of amides is 1. The Kier molecular flexibility index (Phi) is 3.32. The lowest BCUT2D eigenvalue weighted by molar-refractivity contribution is -0.114. The molecule has 3 aliphatic heterocycles. The molecule has 0 bridgehead atoms. The summed E-state index contributed by atoms with van der Waals surface area (Å²) in [6.45, 7) is 6.12. The van der Waals surface area contributed by atoms with Crippen LogP contribution in [0.15, 0.2) is 36.4 Å². The van der Waals surface area contributed by atoms with Crippen molar-refractivity contribution in [3.8, 4) is 17.2 Å². The summed E-state index contributed by atoms with van der Waals surface area (Å²) in [4.78, 5) is 11.3. The van der Waals surface area contributed by atoms with Crippen molar-refractivity contribution in [3.63, 3.8) is 0 Å². The molecule has 2 atom stereocenters. The highest BCUT2D eigenvalue weighted by Crippen LogP contribution is 2.53. The van der Waals surface area contributed by atoms with Gasteiger partial charge in [-0.25, -0.2) is 0 Å². The van der Waals surface area contributed by atoms with Gasteiger partial charge in [0.2, 0.25) is 5.91 Å². The second kappa shape index (κ2) is 5.52. The summed E-state index contributed by atoms with van der Waals surface area (Å²) in [5.41, 5.74) is 3.61. The zero-order valence-corrected chi connectivity index (χ0v) is 15.5. The molecule has 0 aliphatic carbocycles. The van der Waals surface area contributed by atoms with Gasteiger partial charge in [-0.2, -0.15) is 0 Å². The first-order chi connectivity index (χ1) is 12.9. The molecule has 0 unspecified atom stereocenters. The number of fused-ring (bicyclic) bond motifs is 6. The number of nitrogens with one attached hydrogen (secondary N) is 1. The lowest BCUT2D eigenvalue weighted by atomic mass is 9.88. The van der Waals surface area contributed by atoms with Gasteiger partial charge in [-0.05, 0) is 32.1 Å². The summed E-state index contributed by atoms with van der Waals surface area (Å²) in [5, 5.41) is 2.81. The van der Waals surface area contributed by atoms with Gasteiger partial charge in [-0.15, -0.1) is 0 Å². The monoisotopic (exact) mass is 363 g/mol. The van der Waals surface area contributed by atoms with Gasteiger partial charge in [0.05, 0.1) is 12.5 Å². The fourth-order valence-corrected chi connectivity index (χ4v) is 4.01. The molecule has 5 heteroatoms. The highest BCUT2D eigenvalue weighted by Gasteiger charge is 2.41. The minimum Gasteiger partial charge on any atom is -0.492 e. The van der Waals surface area contributed by atoms with Crippen molar-refractivity contribution >= 4 is 17.7 Å². The Bertz CT molecular complexity index is 992. The molecule has 3 heterocycles. The minimum absolute atomic E-state index is 0.0926. The van der Waals surface area contributed by atoms with Gasteiger partial charge in [-0.3, -0.25) is 4.79 Å². The topological polar surface area (TPSA) is 56.8 Å². The minimum atomic E-state index is -0.321. The molecular formula is C22H21NO4.